The highest BCUT2D eigenvalue weighted by atomic mass is 16.5. The molecule has 3 nitrogen and oxygen atoms in total. The predicted molar refractivity (Wildman–Crippen MR) is 83.2 cm³/mol. The van der Waals surface area contributed by atoms with Crippen LogP contribution in [0.2, 0.25) is 0 Å². The van der Waals surface area contributed by atoms with Gasteiger partial charge in [-0.15, -0.1) is 0 Å². The van der Waals surface area contributed by atoms with Crippen molar-refractivity contribution in [3.05, 3.63) is 29.1 Å². The molecule has 0 spiro atoms. The smallest absolute Gasteiger partial charge is 0.0610 e. The number of pyridine rings is 1. The van der Waals surface area contributed by atoms with Gasteiger partial charge in [0.2, 0.25) is 0 Å². The molecule has 0 bridgehead atoms. The third kappa shape index (κ3) is 3.39. The molecule has 0 aromatic carbocycles. The molecular weight excluding hydrogens is 248 g/mol. The van der Waals surface area contributed by atoms with Crippen molar-refractivity contribution in [2.45, 2.75) is 51.5 Å². The molecule has 1 saturated heterocycles. The summed E-state index contributed by atoms with van der Waals surface area (Å²) in [6, 6.07) is 4.88. The molecule has 2 rings (SSSR count). The van der Waals surface area contributed by atoms with E-state index in [1.54, 1.807) is 0 Å². The van der Waals surface area contributed by atoms with Gasteiger partial charge in [-0.3, -0.25) is 4.98 Å². The van der Waals surface area contributed by atoms with E-state index in [9.17, 15) is 0 Å². The fourth-order valence-electron chi connectivity index (χ4n) is 2.76. The summed E-state index contributed by atoms with van der Waals surface area (Å²) in [5.41, 5.74) is 3.89. The Morgan fingerprint density at radius 1 is 1.15 bits per heavy atom. The van der Waals surface area contributed by atoms with Crippen LogP contribution in [0.4, 0.5) is 0 Å². The minimum Gasteiger partial charge on any atom is -0.381 e. The van der Waals surface area contributed by atoms with E-state index in [2.05, 4.69) is 51.9 Å². The van der Waals surface area contributed by atoms with Crippen molar-refractivity contribution in [1.29, 1.82) is 0 Å². The first-order valence-corrected chi connectivity index (χ1v) is 7.75. The van der Waals surface area contributed by atoms with Crippen molar-refractivity contribution >= 4 is 0 Å². The van der Waals surface area contributed by atoms with Crippen LogP contribution in [0.1, 0.15) is 68.4 Å². The molecule has 0 radical (unpaired) electrons. The van der Waals surface area contributed by atoms with Gasteiger partial charge in [0.05, 0.1) is 5.69 Å². The third-order valence-electron chi connectivity index (χ3n) is 4.40. The molecule has 0 unspecified atom stereocenters. The topological polar surface area (TPSA) is 25.4 Å². The Kier molecular flexibility index (Phi) is 5.17. The van der Waals surface area contributed by atoms with Gasteiger partial charge in [-0.1, -0.05) is 19.9 Å². The number of rotatable bonds is 4. The Bertz CT molecular complexity index is 437. The molecule has 0 saturated carbocycles. The van der Waals surface area contributed by atoms with Gasteiger partial charge >= 0.3 is 0 Å². The summed E-state index contributed by atoms with van der Waals surface area (Å²) >= 11 is 0. The van der Waals surface area contributed by atoms with Crippen LogP contribution in [-0.2, 0) is 4.74 Å². The average molecular weight is 276 g/mol. The normalized spacial score (nSPS) is 18.8. The molecule has 112 valence electrons. The summed E-state index contributed by atoms with van der Waals surface area (Å²) in [5.74, 6) is 1.08. The third-order valence-corrected chi connectivity index (χ3v) is 4.40. The van der Waals surface area contributed by atoms with E-state index in [-0.39, 0.29) is 0 Å². The monoisotopic (exact) mass is 276 g/mol. The lowest BCUT2D eigenvalue weighted by Crippen LogP contribution is -2.23. The van der Waals surface area contributed by atoms with E-state index in [0.29, 0.717) is 17.9 Å². The zero-order chi connectivity index (χ0) is 14.7. The minimum atomic E-state index is 0.353. The van der Waals surface area contributed by atoms with Crippen LogP contribution < -0.4 is 0 Å². The first-order valence-electron chi connectivity index (χ1n) is 7.75. The summed E-state index contributed by atoms with van der Waals surface area (Å²) in [6.07, 6.45) is 2.24. The molecule has 1 aromatic heterocycles. The molecule has 1 atom stereocenters. The molecule has 20 heavy (non-hydrogen) atoms. The first-order chi connectivity index (χ1) is 9.50. The van der Waals surface area contributed by atoms with E-state index in [0.717, 1.165) is 26.1 Å². The second-order valence-corrected chi connectivity index (χ2v) is 6.39. The van der Waals surface area contributed by atoms with Gasteiger partial charge < -0.3 is 9.64 Å². The van der Waals surface area contributed by atoms with Gasteiger partial charge in [-0.25, -0.2) is 0 Å². The van der Waals surface area contributed by atoms with Crippen LogP contribution in [0.25, 0.3) is 0 Å². The number of nitrogens with zero attached hydrogens (tertiary/aromatic N) is 2. The van der Waals surface area contributed by atoms with Crippen molar-refractivity contribution < 1.29 is 4.74 Å². The number of aromatic nitrogens is 1. The van der Waals surface area contributed by atoms with Crippen molar-refractivity contribution in [2.75, 3.05) is 27.3 Å². The summed E-state index contributed by atoms with van der Waals surface area (Å²) in [6.45, 7) is 8.43. The quantitative estimate of drug-likeness (QED) is 0.838. The van der Waals surface area contributed by atoms with Crippen LogP contribution in [-0.4, -0.2) is 37.2 Å². The molecule has 1 aromatic rings. The van der Waals surface area contributed by atoms with E-state index >= 15 is 0 Å². The number of ether oxygens (including phenoxy) is 1. The Morgan fingerprint density at radius 3 is 2.35 bits per heavy atom. The Hall–Kier alpha value is -0.930. The second-order valence-electron chi connectivity index (χ2n) is 6.39. The van der Waals surface area contributed by atoms with Crippen molar-refractivity contribution in [1.82, 2.24) is 9.88 Å². The Labute approximate surface area is 123 Å². The number of hydrogen-bond acceptors (Lipinski definition) is 3. The molecule has 0 N–H and O–H groups in total. The summed E-state index contributed by atoms with van der Waals surface area (Å²) in [4.78, 5) is 7.23. The maximum atomic E-state index is 5.50. The molecule has 1 aliphatic rings. The van der Waals surface area contributed by atoms with E-state index in [1.165, 1.54) is 17.0 Å². The summed E-state index contributed by atoms with van der Waals surface area (Å²) < 4.78 is 5.50. The molecule has 0 aliphatic carbocycles. The second kappa shape index (κ2) is 6.68. The minimum absolute atomic E-state index is 0.353. The summed E-state index contributed by atoms with van der Waals surface area (Å²) in [7, 11) is 4.25. The van der Waals surface area contributed by atoms with E-state index < -0.39 is 0 Å². The highest BCUT2D eigenvalue weighted by Gasteiger charge is 2.23. The standard InChI is InChI=1S/C17H28N2O/c1-12(2)16-7-6-15(14-8-10-20-11-9-14)17(18-16)13(3)19(4)5/h6-7,12-14H,8-11H2,1-5H3/t13-/m1/s1. The largest absolute Gasteiger partial charge is 0.381 e. The van der Waals surface area contributed by atoms with Gasteiger partial charge in [0.15, 0.2) is 0 Å². The molecule has 3 heteroatoms. The molecule has 1 fully saturated rings. The van der Waals surface area contributed by atoms with Crippen LogP contribution in [0.15, 0.2) is 12.1 Å². The molecular formula is C17H28N2O. The van der Waals surface area contributed by atoms with Crippen LogP contribution >= 0.6 is 0 Å². The van der Waals surface area contributed by atoms with Crippen molar-refractivity contribution in [3.8, 4) is 0 Å². The Balaban J connectivity index is 2.38. The maximum Gasteiger partial charge on any atom is 0.0610 e. The first kappa shape index (κ1) is 15.5. The van der Waals surface area contributed by atoms with Gasteiger partial charge in [0.1, 0.15) is 0 Å². The van der Waals surface area contributed by atoms with Crippen LogP contribution in [0.5, 0.6) is 0 Å². The van der Waals surface area contributed by atoms with Crippen LogP contribution in [0.3, 0.4) is 0 Å². The van der Waals surface area contributed by atoms with Gasteiger partial charge in [-0.05, 0) is 57.3 Å². The van der Waals surface area contributed by atoms with E-state index in [4.69, 9.17) is 9.72 Å². The highest BCUT2D eigenvalue weighted by molar-refractivity contribution is 5.30. The van der Waals surface area contributed by atoms with Gasteiger partial charge in [0, 0.05) is 24.9 Å². The lowest BCUT2D eigenvalue weighted by atomic mass is 9.88. The highest BCUT2D eigenvalue weighted by Crippen LogP contribution is 2.33. The zero-order valence-corrected chi connectivity index (χ0v) is 13.5. The number of hydrogen-bond donors (Lipinski definition) is 0. The van der Waals surface area contributed by atoms with Gasteiger partial charge in [-0.2, -0.15) is 0 Å². The molecule has 0 amide bonds. The Morgan fingerprint density at radius 2 is 1.80 bits per heavy atom. The van der Waals surface area contributed by atoms with E-state index in [1.807, 2.05) is 0 Å². The fraction of sp³-hybridized carbons (Fsp3) is 0.706. The van der Waals surface area contributed by atoms with Crippen molar-refractivity contribution in [3.63, 3.8) is 0 Å². The van der Waals surface area contributed by atoms with Crippen LogP contribution in [0, 0.1) is 0 Å². The average Bonchev–Trinajstić information content (AvgIpc) is 2.46. The predicted octanol–water partition coefficient (Wildman–Crippen LogP) is 3.72. The molecule has 2 heterocycles. The lowest BCUT2D eigenvalue weighted by Gasteiger charge is -2.29. The molecule has 1 aliphatic heterocycles. The maximum absolute atomic E-state index is 5.50. The fourth-order valence-corrected chi connectivity index (χ4v) is 2.76. The van der Waals surface area contributed by atoms with Gasteiger partial charge in [0.25, 0.3) is 0 Å². The van der Waals surface area contributed by atoms with Crippen molar-refractivity contribution in [2.24, 2.45) is 0 Å². The SMILES string of the molecule is CC(C)c1ccc(C2CCOCC2)c([C@@H](C)N(C)C)n1. The zero-order valence-electron chi connectivity index (χ0n) is 13.5. The lowest BCUT2D eigenvalue weighted by molar-refractivity contribution is 0.0847. The summed E-state index contributed by atoms with van der Waals surface area (Å²) in [5, 5.41) is 0.